The summed E-state index contributed by atoms with van der Waals surface area (Å²) in [7, 11) is 0. The van der Waals surface area contributed by atoms with Gasteiger partial charge >= 0.3 is 0 Å². The van der Waals surface area contributed by atoms with Gasteiger partial charge in [-0.1, -0.05) is 11.6 Å². The standard InChI is InChI=1S/C13H23NO2/c1-13(2,15)9-3-4-11-5-7-12(8-6-11)10-14-16/h5,10,12,15-16H,3-4,6-9H2,1-2H3. The minimum absolute atomic E-state index is 0.406. The van der Waals surface area contributed by atoms with Crippen LogP contribution in [0.1, 0.15) is 52.4 Å². The Labute approximate surface area is 97.9 Å². The van der Waals surface area contributed by atoms with E-state index in [0.717, 1.165) is 38.5 Å². The zero-order valence-corrected chi connectivity index (χ0v) is 10.3. The van der Waals surface area contributed by atoms with Crippen LogP contribution in [0, 0.1) is 5.92 Å². The fraction of sp³-hybridized carbons (Fsp3) is 0.769. The van der Waals surface area contributed by atoms with Gasteiger partial charge in [0.2, 0.25) is 0 Å². The second-order valence-corrected chi connectivity index (χ2v) is 5.33. The van der Waals surface area contributed by atoms with E-state index in [1.165, 1.54) is 5.57 Å². The van der Waals surface area contributed by atoms with Gasteiger partial charge in [-0.05, 0) is 52.4 Å². The Balaban J connectivity index is 2.25. The number of oxime groups is 1. The van der Waals surface area contributed by atoms with Gasteiger partial charge in [0, 0.05) is 12.1 Å². The van der Waals surface area contributed by atoms with Crippen molar-refractivity contribution in [2.45, 2.75) is 58.0 Å². The van der Waals surface area contributed by atoms with E-state index in [4.69, 9.17) is 5.21 Å². The van der Waals surface area contributed by atoms with E-state index in [1.54, 1.807) is 6.21 Å². The molecule has 0 spiro atoms. The summed E-state index contributed by atoms with van der Waals surface area (Å²) in [5, 5.41) is 21.1. The molecular formula is C13H23NO2. The van der Waals surface area contributed by atoms with Crippen molar-refractivity contribution >= 4 is 6.21 Å². The molecule has 0 radical (unpaired) electrons. The Morgan fingerprint density at radius 2 is 2.31 bits per heavy atom. The average molecular weight is 225 g/mol. The van der Waals surface area contributed by atoms with E-state index < -0.39 is 5.60 Å². The van der Waals surface area contributed by atoms with Crippen molar-refractivity contribution in [3.63, 3.8) is 0 Å². The molecule has 1 atom stereocenters. The van der Waals surface area contributed by atoms with Crippen molar-refractivity contribution in [1.82, 2.24) is 0 Å². The number of allylic oxidation sites excluding steroid dienone is 2. The van der Waals surface area contributed by atoms with Gasteiger partial charge in [-0.2, -0.15) is 0 Å². The lowest BCUT2D eigenvalue weighted by Gasteiger charge is -2.20. The maximum absolute atomic E-state index is 9.59. The molecule has 0 bridgehead atoms. The molecule has 3 nitrogen and oxygen atoms in total. The highest BCUT2D eigenvalue weighted by molar-refractivity contribution is 5.60. The van der Waals surface area contributed by atoms with E-state index in [2.05, 4.69) is 11.2 Å². The first kappa shape index (κ1) is 13.2. The topological polar surface area (TPSA) is 52.8 Å². The van der Waals surface area contributed by atoms with Crippen LogP contribution < -0.4 is 0 Å². The highest BCUT2D eigenvalue weighted by atomic mass is 16.4. The highest BCUT2D eigenvalue weighted by Gasteiger charge is 2.15. The molecule has 0 aliphatic heterocycles. The SMILES string of the molecule is CC(C)(O)CCCC1=CCC(C=NO)CC1. The predicted octanol–water partition coefficient (Wildman–Crippen LogP) is 3.11. The van der Waals surface area contributed by atoms with Crippen molar-refractivity contribution < 1.29 is 10.3 Å². The van der Waals surface area contributed by atoms with Crippen LogP contribution in [0.3, 0.4) is 0 Å². The van der Waals surface area contributed by atoms with Crippen LogP contribution in [0.15, 0.2) is 16.8 Å². The number of nitrogens with zero attached hydrogens (tertiary/aromatic N) is 1. The Bertz CT molecular complexity index is 264. The third-order valence-electron chi connectivity index (χ3n) is 3.11. The first-order valence-corrected chi connectivity index (χ1v) is 6.09. The largest absolute Gasteiger partial charge is 0.411 e. The minimum atomic E-state index is -0.540. The third-order valence-corrected chi connectivity index (χ3v) is 3.11. The summed E-state index contributed by atoms with van der Waals surface area (Å²) in [4.78, 5) is 0. The quantitative estimate of drug-likeness (QED) is 0.327. The van der Waals surface area contributed by atoms with Crippen molar-refractivity contribution in [3.05, 3.63) is 11.6 Å². The predicted molar refractivity (Wildman–Crippen MR) is 65.9 cm³/mol. The van der Waals surface area contributed by atoms with Gasteiger partial charge in [-0.15, -0.1) is 5.16 Å². The second-order valence-electron chi connectivity index (χ2n) is 5.33. The van der Waals surface area contributed by atoms with Crippen molar-refractivity contribution in [1.29, 1.82) is 0 Å². The van der Waals surface area contributed by atoms with Gasteiger partial charge in [0.1, 0.15) is 0 Å². The maximum atomic E-state index is 9.59. The van der Waals surface area contributed by atoms with Crippen LogP contribution in [-0.4, -0.2) is 22.1 Å². The van der Waals surface area contributed by atoms with E-state index in [0.29, 0.717) is 5.92 Å². The van der Waals surface area contributed by atoms with Crippen LogP contribution in [0.2, 0.25) is 0 Å². The van der Waals surface area contributed by atoms with Crippen LogP contribution >= 0.6 is 0 Å². The normalized spacial score (nSPS) is 22.4. The molecular weight excluding hydrogens is 202 g/mol. The van der Waals surface area contributed by atoms with Gasteiger partial charge in [0.05, 0.1) is 5.60 Å². The van der Waals surface area contributed by atoms with Gasteiger partial charge in [0.25, 0.3) is 0 Å². The average Bonchev–Trinajstić information content (AvgIpc) is 2.19. The van der Waals surface area contributed by atoms with E-state index >= 15 is 0 Å². The summed E-state index contributed by atoms with van der Waals surface area (Å²) < 4.78 is 0. The Hall–Kier alpha value is -0.830. The molecule has 1 unspecified atom stereocenters. The maximum Gasteiger partial charge on any atom is 0.0591 e. The molecule has 0 saturated carbocycles. The molecule has 0 aromatic heterocycles. The summed E-state index contributed by atoms with van der Waals surface area (Å²) in [6.07, 6.45) is 10.1. The molecule has 0 amide bonds. The molecule has 0 saturated heterocycles. The lowest BCUT2D eigenvalue weighted by molar-refractivity contribution is 0.0688. The van der Waals surface area contributed by atoms with Crippen LogP contribution in [0.5, 0.6) is 0 Å². The molecule has 92 valence electrons. The number of hydrogen-bond acceptors (Lipinski definition) is 3. The lowest BCUT2D eigenvalue weighted by atomic mass is 9.87. The molecule has 16 heavy (non-hydrogen) atoms. The van der Waals surface area contributed by atoms with Crippen molar-refractivity contribution in [3.8, 4) is 0 Å². The fourth-order valence-corrected chi connectivity index (χ4v) is 2.11. The number of hydrogen-bond donors (Lipinski definition) is 2. The molecule has 1 aliphatic rings. The van der Waals surface area contributed by atoms with Crippen molar-refractivity contribution in [2.75, 3.05) is 0 Å². The van der Waals surface area contributed by atoms with Crippen LogP contribution in [-0.2, 0) is 0 Å². The molecule has 2 N–H and O–H groups in total. The Morgan fingerprint density at radius 3 is 2.81 bits per heavy atom. The van der Waals surface area contributed by atoms with E-state index in [-0.39, 0.29) is 0 Å². The van der Waals surface area contributed by atoms with Gasteiger partial charge in [-0.25, -0.2) is 0 Å². The first-order valence-electron chi connectivity index (χ1n) is 6.09. The minimum Gasteiger partial charge on any atom is -0.411 e. The van der Waals surface area contributed by atoms with Crippen molar-refractivity contribution in [2.24, 2.45) is 11.1 Å². The van der Waals surface area contributed by atoms with Gasteiger partial charge in [0.15, 0.2) is 0 Å². The summed E-state index contributed by atoms with van der Waals surface area (Å²) in [5.41, 5.74) is 0.952. The Morgan fingerprint density at radius 1 is 1.56 bits per heavy atom. The van der Waals surface area contributed by atoms with Crippen LogP contribution in [0.4, 0.5) is 0 Å². The highest BCUT2D eigenvalue weighted by Crippen LogP contribution is 2.26. The monoisotopic (exact) mass is 225 g/mol. The molecule has 3 heteroatoms. The third kappa shape index (κ3) is 5.31. The summed E-state index contributed by atoms with van der Waals surface area (Å²) in [6, 6.07) is 0. The van der Waals surface area contributed by atoms with E-state index in [9.17, 15) is 5.11 Å². The molecule has 0 heterocycles. The van der Waals surface area contributed by atoms with Crippen LogP contribution in [0.25, 0.3) is 0 Å². The zero-order chi connectivity index (χ0) is 12.0. The number of rotatable bonds is 5. The molecule has 0 aromatic rings. The van der Waals surface area contributed by atoms with Gasteiger partial charge in [-0.3, -0.25) is 0 Å². The first-order chi connectivity index (χ1) is 7.51. The van der Waals surface area contributed by atoms with Gasteiger partial charge < -0.3 is 10.3 Å². The smallest absolute Gasteiger partial charge is 0.0591 e. The molecule has 0 aromatic carbocycles. The number of aliphatic hydroxyl groups is 1. The fourth-order valence-electron chi connectivity index (χ4n) is 2.11. The summed E-state index contributed by atoms with van der Waals surface area (Å²) in [5.74, 6) is 0.406. The molecule has 1 aliphatic carbocycles. The second kappa shape index (κ2) is 6.04. The summed E-state index contributed by atoms with van der Waals surface area (Å²) in [6.45, 7) is 3.71. The zero-order valence-electron chi connectivity index (χ0n) is 10.3. The lowest BCUT2D eigenvalue weighted by Crippen LogP contribution is -2.18. The van der Waals surface area contributed by atoms with E-state index in [1.807, 2.05) is 13.8 Å². The Kier molecular flexibility index (Phi) is 5.00. The molecule has 0 fully saturated rings. The summed E-state index contributed by atoms with van der Waals surface area (Å²) >= 11 is 0. The molecule has 1 rings (SSSR count).